The van der Waals surface area contributed by atoms with Crippen molar-refractivity contribution >= 4 is 11.6 Å². The Morgan fingerprint density at radius 1 is 1.35 bits per heavy atom. The van der Waals surface area contributed by atoms with Crippen molar-refractivity contribution in [2.24, 2.45) is 0 Å². The van der Waals surface area contributed by atoms with Gasteiger partial charge in [-0.05, 0) is 51.4 Å². The van der Waals surface area contributed by atoms with E-state index < -0.39 is 0 Å². The Balaban J connectivity index is 2.15. The molecule has 2 rings (SSSR count). The van der Waals surface area contributed by atoms with Crippen molar-refractivity contribution in [3.05, 3.63) is 34.6 Å². The van der Waals surface area contributed by atoms with Crippen LogP contribution in [0.1, 0.15) is 38.7 Å². The predicted octanol–water partition coefficient (Wildman–Crippen LogP) is 4.07. The zero-order valence-corrected chi connectivity index (χ0v) is 11.4. The largest absolute Gasteiger partial charge is 0.298 e. The van der Waals surface area contributed by atoms with E-state index in [-0.39, 0.29) is 11.4 Å². The zero-order valence-electron chi connectivity index (χ0n) is 10.6. The molecular weight excluding hydrogens is 237 g/mol. The van der Waals surface area contributed by atoms with Gasteiger partial charge >= 0.3 is 0 Å². The fraction of sp³-hybridized carbons (Fsp3) is 0.571. The van der Waals surface area contributed by atoms with Gasteiger partial charge in [0.15, 0.2) is 0 Å². The molecule has 1 aliphatic rings. The molecule has 1 atom stereocenters. The van der Waals surface area contributed by atoms with Gasteiger partial charge in [0, 0.05) is 23.0 Å². The molecule has 0 unspecified atom stereocenters. The van der Waals surface area contributed by atoms with Gasteiger partial charge in [-0.3, -0.25) is 4.90 Å². The highest BCUT2D eigenvalue weighted by Crippen LogP contribution is 2.33. The molecule has 0 amide bonds. The van der Waals surface area contributed by atoms with Gasteiger partial charge in [-0.1, -0.05) is 17.7 Å². The molecule has 0 spiro atoms. The minimum atomic E-state index is -0.168. The van der Waals surface area contributed by atoms with Crippen LogP contribution < -0.4 is 0 Å². The first-order valence-electron chi connectivity index (χ1n) is 6.08. The van der Waals surface area contributed by atoms with Crippen LogP contribution in [0.4, 0.5) is 4.39 Å². The zero-order chi connectivity index (χ0) is 12.6. The van der Waals surface area contributed by atoms with Crippen LogP contribution in [0.15, 0.2) is 18.2 Å². The van der Waals surface area contributed by atoms with Gasteiger partial charge in [0.2, 0.25) is 0 Å². The summed E-state index contributed by atoms with van der Waals surface area (Å²) < 4.78 is 13.8. The maximum absolute atomic E-state index is 13.8. The number of hydrogen-bond donors (Lipinski definition) is 0. The second kappa shape index (κ2) is 4.58. The summed E-state index contributed by atoms with van der Waals surface area (Å²) in [6, 6.07) is 5.02. The molecule has 1 aromatic rings. The minimum absolute atomic E-state index is 0.164. The van der Waals surface area contributed by atoms with E-state index in [4.69, 9.17) is 11.6 Å². The Morgan fingerprint density at radius 2 is 2.06 bits per heavy atom. The van der Waals surface area contributed by atoms with E-state index in [1.165, 1.54) is 6.07 Å². The summed E-state index contributed by atoms with van der Waals surface area (Å²) in [5.74, 6) is 0.129. The summed E-state index contributed by atoms with van der Waals surface area (Å²) in [7, 11) is 0. The van der Waals surface area contributed by atoms with Crippen LogP contribution in [-0.4, -0.2) is 23.5 Å². The molecule has 1 heterocycles. The molecule has 1 nitrogen and oxygen atoms in total. The molecule has 0 aromatic heterocycles. The predicted molar refractivity (Wildman–Crippen MR) is 70.1 cm³/mol. The van der Waals surface area contributed by atoms with Gasteiger partial charge in [0.1, 0.15) is 5.82 Å². The number of rotatable bonds is 1. The van der Waals surface area contributed by atoms with Gasteiger partial charge < -0.3 is 0 Å². The van der Waals surface area contributed by atoms with Crippen molar-refractivity contribution in [3.63, 3.8) is 0 Å². The van der Waals surface area contributed by atoms with E-state index in [9.17, 15) is 4.39 Å². The van der Waals surface area contributed by atoms with Crippen molar-refractivity contribution in [1.82, 2.24) is 4.90 Å². The maximum atomic E-state index is 13.8. The number of benzene rings is 1. The third-order valence-corrected chi connectivity index (χ3v) is 3.77. The molecule has 1 aliphatic heterocycles. The SMILES string of the molecule is CC(C)(C)N1CC[C@H](c2ccc(Cl)cc2F)C1. The highest BCUT2D eigenvalue weighted by Gasteiger charge is 2.31. The van der Waals surface area contributed by atoms with Crippen LogP contribution >= 0.6 is 11.6 Å². The average molecular weight is 256 g/mol. The third-order valence-electron chi connectivity index (χ3n) is 3.54. The lowest BCUT2D eigenvalue weighted by atomic mass is 9.97. The second-order valence-electron chi connectivity index (χ2n) is 5.77. The smallest absolute Gasteiger partial charge is 0.128 e. The molecule has 3 heteroatoms. The fourth-order valence-corrected chi connectivity index (χ4v) is 2.61. The van der Waals surface area contributed by atoms with Crippen LogP contribution in [0.2, 0.25) is 5.02 Å². The summed E-state index contributed by atoms with van der Waals surface area (Å²) in [5.41, 5.74) is 0.971. The lowest BCUT2D eigenvalue weighted by molar-refractivity contribution is 0.172. The molecular formula is C14H19ClFN. The van der Waals surface area contributed by atoms with Crippen molar-refractivity contribution in [2.45, 2.75) is 38.6 Å². The van der Waals surface area contributed by atoms with Crippen LogP contribution in [0.25, 0.3) is 0 Å². The molecule has 0 radical (unpaired) electrons. The van der Waals surface area contributed by atoms with E-state index in [1.807, 2.05) is 6.07 Å². The third kappa shape index (κ3) is 2.80. The lowest BCUT2D eigenvalue weighted by Crippen LogP contribution is -2.39. The number of likely N-dealkylation sites (tertiary alicyclic amines) is 1. The highest BCUT2D eigenvalue weighted by molar-refractivity contribution is 6.30. The van der Waals surface area contributed by atoms with Crippen LogP contribution in [0, 0.1) is 5.82 Å². The molecule has 1 fully saturated rings. The summed E-state index contributed by atoms with van der Waals surface area (Å²) >= 11 is 5.77. The van der Waals surface area contributed by atoms with Crippen LogP contribution in [0.5, 0.6) is 0 Å². The topological polar surface area (TPSA) is 3.24 Å². The van der Waals surface area contributed by atoms with Gasteiger partial charge in [0.25, 0.3) is 0 Å². The van der Waals surface area contributed by atoms with Gasteiger partial charge in [-0.2, -0.15) is 0 Å². The summed E-state index contributed by atoms with van der Waals surface area (Å²) in [5, 5.41) is 0.469. The standard InChI is InChI=1S/C14H19ClFN/c1-14(2,3)17-7-6-10(9-17)12-5-4-11(15)8-13(12)16/h4-5,8,10H,6-7,9H2,1-3H3/t10-/m0/s1. The Bertz CT molecular complexity index is 411. The van der Waals surface area contributed by atoms with Crippen molar-refractivity contribution in [2.75, 3.05) is 13.1 Å². The first kappa shape index (κ1) is 12.8. The van der Waals surface area contributed by atoms with E-state index in [0.717, 1.165) is 25.1 Å². The highest BCUT2D eigenvalue weighted by atomic mass is 35.5. The first-order chi connectivity index (χ1) is 7.88. The lowest BCUT2D eigenvalue weighted by Gasteiger charge is -2.31. The van der Waals surface area contributed by atoms with Crippen molar-refractivity contribution < 1.29 is 4.39 Å². The molecule has 1 saturated heterocycles. The van der Waals surface area contributed by atoms with Gasteiger partial charge in [-0.25, -0.2) is 4.39 Å². The Kier molecular flexibility index (Phi) is 3.46. The molecule has 1 aromatic carbocycles. The first-order valence-corrected chi connectivity index (χ1v) is 6.46. The molecule has 0 aliphatic carbocycles. The summed E-state index contributed by atoms with van der Waals surface area (Å²) in [6.45, 7) is 8.58. The fourth-order valence-electron chi connectivity index (χ4n) is 2.46. The number of hydrogen-bond acceptors (Lipinski definition) is 1. The number of halogens is 2. The molecule has 0 bridgehead atoms. The van der Waals surface area contributed by atoms with E-state index in [0.29, 0.717) is 10.9 Å². The molecule has 17 heavy (non-hydrogen) atoms. The van der Waals surface area contributed by atoms with Gasteiger partial charge in [0.05, 0.1) is 0 Å². The monoisotopic (exact) mass is 255 g/mol. The summed E-state index contributed by atoms with van der Waals surface area (Å²) in [6.07, 6.45) is 1.02. The normalized spacial score (nSPS) is 22.1. The molecule has 94 valence electrons. The maximum Gasteiger partial charge on any atom is 0.128 e. The minimum Gasteiger partial charge on any atom is -0.298 e. The van der Waals surface area contributed by atoms with Crippen molar-refractivity contribution in [3.8, 4) is 0 Å². The second-order valence-corrected chi connectivity index (χ2v) is 6.20. The Labute approximate surface area is 108 Å². The van der Waals surface area contributed by atoms with E-state index in [1.54, 1.807) is 6.07 Å². The number of nitrogens with zero attached hydrogens (tertiary/aromatic N) is 1. The van der Waals surface area contributed by atoms with Crippen molar-refractivity contribution in [1.29, 1.82) is 0 Å². The summed E-state index contributed by atoms with van der Waals surface area (Å²) in [4.78, 5) is 2.41. The van der Waals surface area contributed by atoms with Crippen LogP contribution in [-0.2, 0) is 0 Å². The Morgan fingerprint density at radius 3 is 2.59 bits per heavy atom. The van der Waals surface area contributed by atoms with E-state index >= 15 is 0 Å². The average Bonchev–Trinajstić information content (AvgIpc) is 2.65. The quantitative estimate of drug-likeness (QED) is 0.731. The van der Waals surface area contributed by atoms with E-state index in [2.05, 4.69) is 25.7 Å². The van der Waals surface area contributed by atoms with Crippen LogP contribution in [0.3, 0.4) is 0 Å². The molecule has 0 N–H and O–H groups in total. The molecule has 0 saturated carbocycles. The van der Waals surface area contributed by atoms with Gasteiger partial charge in [-0.15, -0.1) is 0 Å². The Hall–Kier alpha value is -0.600.